The predicted octanol–water partition coefficient (Wildman–Crippen LogP) is 8.05. The molecule has 0 unspecified atom stereocenters. The zero-order chi connectivity index (χ0) is 20.1. The van der Waals surface area contributed by atoms with Gasteiger partial charge in [0.1, 0.15) is 6.61 Å². The van der Waals surface area contributed by atoms with Crippen molar-refractivity contribution < 1.29 is 4.74 Å². The number of halogens is 4. The highest BCUT2D eigenvalue weighted by molar-refractivity contribution is 9.10. The number of hydrogen-bond donors (Lipinski definition) is 0. The second kappa shape index (κ2) is 9.49. The number of benzene rings is 3. The van der Waals surface area contributed by atoms with Gasteiger partial charge in [0, 0.05) is 15.6 Å². The molecule has 0 saturated carbocycles. The molecule has 0 N–H and O–H groups in total. The third-order valence-electron chi connectivity index (χ3n) is 3.91. The number of hydrogen-bond acceptors (Lipinski definition) is 2. The van der Waals surface area contributed by atoms with Crippen molar-refractivity contribution in [2.75, 3.05) is 0 Å². The number of nitriles is 1. The summed E-state index contributed by atoms with van der Waals surface area (Å²) >= 11 is 22.0. The summed E-state index contributed by atoms with van der Waals surface area (Å²) in [5, 5.41) is 11.2. The lowest BCUT2D eigenvalue weighted by atomic mass is 10.0. The van der Waals surface area contributed by atoms with Crippen LogP contribution in [0.5, 0.6) is 5.75 Å². The maximum absolute atomic E-state index is 9.53. The van der Waals surface area contributed by atoms with Gasteiger partial charge in [0.15, 0.2) is 5.75 Å². The van der Waals surface area contributed by atoms with Gasteiger partial charge in [-0.25, -0.2) is 0 Å². The lowest BCUT2D eigenvalue weighted by Gasteiger charge is -2.12. The summed E-state index contributed by atoms with van der Waals surface area (Å²) in [7, 11) is 0. The molecule has 0 saturated heterocycles. The fraction of sp³-hybridized carbons (Fsp3) is 0.0455. The summed E-state index contributed by atoms with van der Waals surface area (Å²) in [5.41, 5.74) is 2.85. The Hall–Kier alpha value is -1.96. The molecule has 3 aromatic carbocycles. The highest BCUT2D eigenvalue weighted by Gasteiger charge is 2.11. The summed E-state index contributed by atoms with van der Waals surface area (Å²) in [5.74, 6) is 0.532. The maximum Gasteiger partial charge on any atom is 0.152 e. The first-order valence-electron chi connectivity index (χ1n) is 8.21. The highest BCUT2D eigenvalue weighted by Crippen LogP contribution is 2.36. The normalized spacial score (nSPS) is 11.2. The first kappa shape index (κ1) is 20.8. The van der Waals surface area contributed by atoms with Gasteiger partial charge in [-0.15, -0.1) is 0 Å². The van der Waals surface area contributed by atoms with Crippen LogP contribution in [-0.2, 0) is 6.61 Å². The van der Waals surface area contributed by atoms with E-state index in [2.05, 4.69) is 22.0 Å². The van der Waals surface area contributed by atoms with Gasteiger partial charge in [-0.2, -0.15) is 5.26 Å². The minimum absolute atomic E-state index is 0.355. The standard InChI is InChI=1S/C22H13BrCl3NO/c23-19-10-15(9-16(12-27)18-3-1-2-4-20(18)25)11-21(26)22(19)28-13-14-5-7-17(24)8-6-14/h1-11H,13H2. The van der Waals surface area contributed by atoms with Crippen molar-refractivity contribution in [2.45, 2.75) is 6.61 Å². The van der Waals surface area contributed by atoms with E-state index >= 15 is 0 Å². The van der Waals surface area contributed by atoms with Crippen LogP contribution in [-0.4, -0.2) is 0 Å². The third-order valence-corrected chi connectivity index (χ3v) is 5.36. The van der Waals surface area contributed by atoms with Crippen LogP contribution >= 0.6 is 50.7 Å². The first-order valence-corrected chi connectivity index (χ1v) is 10.1. The van der Waals surface area contributed by atoms with E-state index in [1.165, 1.54) is 0 Å². The van der Waals surface area contributed by atoms with Crippen LogP contribution in [0.1, 0.15) is 16.7 Å². The van der Waals surface area contributed by atoms with E-state index in [4.69, 9.17) is 39.5 Å². The minimum Gasteiger partial charge on any atom is -0.486 e. The number of nitrogens with zero attached hydrogens (tertiary/aromatic N) is 1. The van der Waals surface area contributed by atoms with Crippen molar-refractivity contribution in [1.82, 2.24) is 0 Å². The summed E-state index contributed by atoms with van der Waals surface area (Å²) in [6.45, 7) is 0.355. The molecule has 28 heavy (non-hydrogen) atoms. The summed E-state index contributed by atoms with van der Waals surface area (Å²) in [4.78, 5) is 0. The van der Waals surface area contributed by atoms with Gasteiger partial charge in [-0.05, 0) is 63.5 Å². The van der Waals surface area contributed by atoms with E-state index in [0.29, 0.717) is 43.0 Å². The van der Waals surface area contributed by atoms with Gasteiger partial charge in [-0.3, -0.25) is 0 Å². The first-order chi connectivity index (χ1) is 13.5. The van der Waals surface area contributed by atoms with E-state index < -0.39 is 0 Å². The molecule has 0 fully saturated rings. The Morgan fingerprint density at radius 1 is 1.00 bits per heavy atom. The van der Waals surface area contributed by atoms with Crippen LogP contribution < -0.4 is 4.74 Å². The topological polar surface area (TPSA) is 33.0 Å². The molecule has 0 bridgehead atoms. The van der Waals surface area contributed by atoms with Crippen LogP contribution in [0.2, 0.25) is 15.1 Å². The number of allylic oxidation sites excluding steroid dienone is 1. The molecule has 2 nitrogen and oxygen atoms in total. The van der Waals surface area contributed by atoms with Crippen molar-refractivity contribution in [3.63, 3.8) is 0 Å². The monoisotopic (exact) mass is 491 g/mol. The minimum atomic E-state index is 0.355. The van der Waals surface area contributed by atoms with Crippen LogP contribution in [0.25, 0.3) is 11.6 Å². The highest BCUT2D eigenvalue weighted by atomic mass is 79.9. The Morgan fingerprint density at radius 3 is 2.36 bits per heavy atom. The molecule has 0 aliphatic rings. The lowest BCUT2D eigenvalue weighted by Crippen LogP contribution is -1.97. The molecule has 3 rings (SSSR count). The van der Waals surface area contributed by atoms with Gasteiger partial charge < -0.3 is 4.74 Å². The van der Waals surface area contributed by atoms with Gasteiger partial charge in [0.05, 0.1) is 21.1 Å². The molecule has 0 heterocycles. The SMILES string of the molecule is N#CC(=Cc1cc(Cl)c(OCc2ccc(Cl)cc2)c(Br)c1)c1ccccc1Cl. The number of rotatable bonds is 5. The fourth-order valence-corrected chi connectivity index (χ4v) is 3.91. The zero-order valence-corrected chi connectivity index (χ0v) is 18.3. The van der Waals surface area contributed by atoms with Crippen molar-refractivity contribution in [3.05, 3.63) is 96.9 Å². The Balaban J connectivity index is 1.86. The molecule has 0 aliphatic carbocycles. The van der Waals surface area contributed by atoms with Crippen molar-refractivity contribution in [2.24, 2.45) is 0 Å². The molecule has 0 amide bonds. The summed E-state index contributed by atoms with van der Waals surface area (Å²) in [6, 6.07) is 20.4. The molecular formula is C22H13BrCl3NO. The average Bonchev–Trinajstić information content (AvgIpc) is 2.67. The second-order valence-electron chi connectivity index (χ2n) is 5.88. The smallest absolute Gasteiger partial charge is 0.152 e. The summed E-state index contributed by atoms with van der Waals surface area (Å²) in [6.07, 6.45) is 1.74. The maximum atomic E-state index is 9.53. The second-order valence-corrected chi connectivity index (χ2v) is 7.98. The van der Waals surface area contributed by atoms with Crippen LogP contribution in [0.3, 0.4) is 0 Å². The van der Waals surface area contributed by atoms with Crippen molar-refractivity contribution in [3.8, 4) is 11.8 Å². The molecule has 140 valence electrons. The molecule has 3 aromatic rings. The zero-order valence-electron chi connectivity index (χ0n) is 14.4. The predicted molar refractivity (Wildman–Crippen MR) is 120 cm³/mol. The quantitative estimate of drug-likeness (QED) is 0.266. The van der Waals surface area contributed by atoms with Gasteiger partial charge >= 0.3 is 0 Å². The number of ether oxygens (including phenoxy) is 1. The Labute approximate surface area is 187 Å². The lowest BCUT2D eigenvalue weighted by molar-refractivity contribution is 0.304. The molecule has 6 heteroatoms. The van der Waals surface area contributed by atoms with E-state index in [0.717, 1.165) is 11.1 Å². The Kier molecular flexibility index (Phi) is 7.04. The van der Waals surface area contributed by atoms with Crippen LogP contribution in [0, 0.1) is 11.3 Å². The molecular weight excluding hydrogens is 481 g/mol. The molecule has 0 spiro atoms. The van der Waals surface area contributed by atoms with Crippen LogP contribution in [0.4, 0.5) is 0 Å². The molecule has 0 aliphatic heterocycles. The Bertz CT molecular complexity index is 1050. The van der Waals surface area contributed by atoms with E-state index in [1.54, 1.807) is 24.3 Å². The van der Waals surface area contributed by atoms with Gasteiger partial charge in [-0.1, -0.05) is 65.1 Å². The van der Waals surface area contributed by atoms with E-state index in [1.807, 2.05) is 42.5 Å². The van der Waals surface area contributed by atoms with Gasteiger partial charge in [0.2, 0.25) is 0 Å². The summed E-state index contributed by atoms with van der Waals surface area (Å²) < 4.78 is 6.55. The fourth-order valence-electron chi connectivity index (χ4n) is 2.55. The van der Waals surface area contributed by atoms with E-state index in [-0.39, 0.29) is 0 Å². The van der Waals surface area contributed by atoms with Crippen molar-refractivity contribution in [1.29, 1.82) is 5.26 Å². The van der Waals surface area contributed by atoms with E-state index in [9.17, 15) is 5.26 Å². The van der Waals surface area contributed by atoms with Crippen LogP contribution in [0.15, 0.2) is 65.1 Å². The molecule has 0 radical (unpaired) electrons. The largest absolute Gasteiger partial charge is 0.486 e. The van der Waals surface area contributed by atoms with Gasteiger partial charge in [0.25, 0.3) is 0 Å². The molecule has 0 atom stereocenters. The third kappa shape index (κ3) is 5.10. The average molecular weight is 494 g/mol. The Morgan fingerprint density at radius 2 is 1.71 bits per heavy atom. The molecule has 0 aromatic heterocycles. The van der Waals surface area contributed by atoms with Crippen molar-refractivity contribution >= 4 is 62.4 Å².